The highest BCUT2D eigenvalue weighted by Gasteiger charge is 2.16. The fourth-order valence-corrected chi connectivity index (χ4v) is 6.00. The predicted molar refractivity (Wildman–Crippen MR) is 165 cm³/mol. The normalized spacial score (nSPS) is 11.3. The Balaban J connectivity index is 1.50. The lowest BCUT2D eigenvalue weighted by Gasteiger charge is -2.13. The van der Waals surface area contributed by atoms with Crippen LogP contribution in [0, 0.1) is 0 Å². The molecule has 0 atom stereocenters. The highest BCUT2D eigenvalue weighted by atomic mass is 79.9. The first-order valence-corrected chi connectivity index (χ1v) is 13.6. The number of aromatic nitrogens is 1. The van der Waals surface area contributed by atoms with E-state index in [1.807, 2.05) is 0 Å². The van der Waals surface area contributed by atoms with Crippen LogP contribution in [0.25, 0.3) is 60.9 Å². The van der Waals surface area contributed by atoms with Crippen molar-refractivity contribution in [2.24, 2.45) is 0 Å². The second kappa shape index (κ2) is 9.48. The van der Waals surface area contributed by atoms with Crippen LogP contribution < -0.4 is 0 Å². The summed E-state index contributed by atoms with van der Waals surface area (Å²) in [7, 11) is 0. The average Bonchev–Trinajstić information content (AvgIpc) is 3.31. The van der Waals surface area contributed by atoms with Crippen LogP contribution in [0.5, 0.6) is 0 Å². The van der Waals surface area contributed by atoms with Crippen molar-refractivity contribution in [1.82, 2.24) is 4.57 Å². The van der Waals surface area contributed by atoms with Crippen LogP contribution in [0.15, 0.2) is 150 Å². The molecular formula is C36H24BrN. The van der Waals surface area contributed by atoms with Gasteiger partial charge < -0.3 is 4.57 Å². The zero-order valence-corrected chi connectivity index (χ0v) is 22.3. The van der Waals surface area contributed by atoms with Gasteiger partial charge >= 0.3 is 0 Å². The van der Waals surface area contributed by atoms with Crippen molar-refractivity contribution in [3.63, 3.8) is 0 Å². The van der Waals surface area contributed by atoms with Gasteiger partial charge in [-0.25, -0.2) is 0 Å². The van der Waals surface area contributed by atoms with Gasteiger partial charge in [-0.3, -0.25) is 0 Å². The van der Waals surface area contributed by atoms with E-state index in [9.17, 15) is 0 Å². The van der Waals surface area contributed by atoms with Crippen molar-refractivity contribution in [3.8, 4) is 39.1 Å². The lowest BCUT2D eigenvalue weighted by atomic mass is 9.94. The number of rotatable bonds is 4. The molecule has 0 N–H and O–H groups in total. The van der Waals surface area contributed by atoms with E-state index in [4.69, 9.17) is 0 Å². The molecule has 0 spiro atoms. The molecule has 1 heterocycles. The number of para-hydroxylation sites is 1. The molecule has 0 aliphatic carbocycles. The Morgan fingerprint density at radius 3 is 1.61 bits per heavy atom. The van der Waals surface area contributed by atoms with E-state index >= 15 is 0 Å². The molecule has 0 radical (unpaired) electrons. The first-order valence-electron chi connectivity index (χ1n) is 12.8. The van der Waals surface area contributed by atoms with Gasteiger partial charge in [0.1, 0.15) is 0 Å². The minimum Gasteiger partial charge on any atom is -0.309 e. The topological polar surface area (TPSA) is 4.93 Å². The van der Waals surface area contributed by atoms with Gasteiger partial charge in [-0.1, -0.05) is 131 Å². The molecule has 38 heavy (non-hydrogen) atoms. The maximum absolute atomic E-state index is 3.77. The van der Waals surface area contributed by atoms with Gasteiger partial charge in [0.25, 0.3) is 0 Å². The second-order valence-corrected chi connectivity index (χ2v) is 10.4. The Labute approximate surface area is 230 Å². The van der Waals surface area contributed by atoms with Crippen molar-refractivity contribution in [2.75, 3.05) is 0 Å². The number of hydrogen-bond acceptors (Lipinski definition) is 0. The highest BCUT2D eigenvalue weighted by Crippen LogP contribution is 2.40. The first kappa shape index (κ1) is 22.8. The molecule has 1 nitrogen and oxygen atoms in total. The molecule has 180 valence electrons. The van der Waals surface area contributed by atoms with E-state index in [1.165, 1.54) is 55.2 Å². The Bertz CT molecular complexity index is 1920. The molecule has 0 unspecified atom stereocenters. The molecule has 1 aromatic heterocycles. The zero-order valence-electron chi connectivity index (χ0n) is 20.7. The summed E-state index contributed by atoms with van der Waals surface area (Å²) in [5.74, 6) is 0. The second-order valence-electron chi connectivity index (χ2n) is 9.53. The Morgan fingerprint density at radius 2 is 0.921 bits per heavy atom. The fraction of sp³-hybridized carbons (Fsp3) is 0. The quantitative estimate of drug-likeness (QED) is 0.205. The minimum absolute atomic E-state index is 1.10. The molecule has 6 aromatic carbocycles. The largest absolute Gasteiger partial charge is 0.309 e. The molecule has 7 aromatic rings. The van der Waals surface area contributed by atoms with E-state index in [2.05, 4.69) is 166 Å². The first-order chi connectivity index (χ1) is 18.8. The van der Waals surface area contributed by atoms with Crippen LogP contribution in [0.4, 0.5) is 0 Å². The lowest BCUT2D eigenvalue weighted by Crippen LogP contribution is -1.94. The maximum Gasteiger partial charge on any atom is 0.0547 e. The summed E-state index contributed by atoms with van der Waals surface area (Å²) in [5.41, 5.74) is 10.9. The van der Waals surface area contributed by atoms with Crippen molar-refractivity contribution < 1.29 is 0 Å². The molecular weight excluding hydrogens is 526 g/mol. The number of nitrogens with zero attached hydrogens (tertiary/aromatic N) is 1. The lowest BCUT2D eigenvalue weighted by molar-refractivity contribution is 1.18. The van der Waals surface area contributed by atoms with Gasteiger partial charge in [0, 0.05) is 20.9 Å². The van der Waals surface area contributed by atoms with Crippen LogP contribution in [0.3, 0.4) is 0 Å². The molecule has 0 amide bonds. The standard InChI is InChI=1S/C36H24BrN/c37-34-18-10-9-17-31(34)30-16-8-7-15-29(30)27-20-22-33-32-21-19-26(25-11-3-1-4-12-25)23-35(32)38(36(33)24-27)28-13-5-2-6-14-28/h1-24H. The predicted octanol–water partition coefficient (Wildman–Crippen LogP) is 10.5. The summed E-state index contributed by atoms with van der Waals surface area (Å²) >= 11 is 3.77. The molecule has 0 fully saturated rings. The Kier molecular flexibility index (Phi) is 5.68. The smallest absolute Gasteiger partial charge is 0.0547 e. The summed E-state index contributed by atoms with van der Waals surface area (Å²) < 4.78 is 3.50. The van der Waals surface area contributed by atoms with Gasteiger partial charge in [-0.15, -0.1) is 0 Å². The molecule has 0 aliphatic rings. The van der Waals surface area contributed by atoms with Crippen molar-refractivity contribution >= 4 is 37.7 Å². The molecule has 7 rings (SSSR count). The number of halogens is 1. The van der Waals surface area contributed by atoms with Crippen molar-refractivity contribution in [1.29, 1.82) is 0 Å². The van der Waals surface area contributed by atoms with Crippen LogP contribution >= 0.6 is 15.9 Å². The van der Waals surface area contributed by atoms with Crippen molar-refractivity contribution in [2.45, 2.75) is 0 Å². The summed E-state index contributed by atoms with van der Waals surface area (Å²) in [6, 6.07) is 52.1. The fourth-order valence-electron chi connectivity index (χ4n) is 5.50. The van der Waals surface area contributed by atoms with E-state index in [-0.39, 0.29) is 0 Å². The van der Waals surface area contributed by atoms with Crippen LogP contribution in [-0.2, 0) is 0 Å². The Morgan fingerprint density at radius 1 is 0.395 bits per heavy atom. The maximum atomic E-state index is 3.77. The van der Waals surface area contributed by atoms with Crippen molar-refractivity contribution in [3.05, 3.63) is 150 Å². The van der Waals surface area contributed by atoms with E-state index < -0.39 is 0 Å². The summed E-state index contributed by atoms with van der Waals surface area (Å²) in [6.45, 7) is 0. The van der Waals surface area contributed by atoms with Gasteiger partial charge in [0.2, 0.25) is 0 Å². The minimum atomic E-state index is 1.10. The van der Waals surface area contributed by atoms with E-state index in [0.717, 1.165) is 10.2 Å². The third kappa shape index (κ3) is 3.86. The van der Waals surface area contributed by atoms with Gasteiger partial charge in [0.05, 0.1) is 11.0 Å². The number of benzene rings is 6. The van der Waals surface area contributed by atoms with Gasteiger partial charge in [0.15, 0.2) is 0 Å². The molecule has 0 aliphatic heterocycles. The zero-order chi connectivity index (χ0) is 25.5. The van der Waals surface area contributed by atoms with Crippen LogP contribution in [0.1, 0.15) is 0 Å². The molecule has 0 saturated heterocycles. The van der Waals surface area contributed by atoms with E-state index in [1.54, 1.807) is 0 Å². The molecule has 2 heteroatoms. The SMILES string of the molecule is Brc1ccccc1-c1ccccc1-c1ccc2c3ccc(-c4ccccc4)cc3n(-c3ccccc3)c2c1. The van der Waals surface area contributed by atoms with E-state index in [0.29, 0.717) is 0 Å². The van der Waals surface area contributed by atoms with Gasteiger partial charge in [-0.05, 0) is 63.7 Å². The third-order valence-corrected chi connectivity index (χ3v) is 7.98. The average molecular weight is 550 g/mol. The molecule has 0 saturated carbocycles. The summed E-state index contributed by atoms with van der Waals surface area (Å²) in [6.07, 6.45) is 0. The van der Waals surface area contributed by atoms with Crippen LogP contribution in [0.2, 0.25) is 0 Å². The monoisotopic (exact) mass is 549 g/mol. The molecule has 0 bridgehead atoms. The summed E-state index contributed by atoms with van der Waals surface area (Å²) in [4.78, 5) is 0. The van der Waals surface area contributed by atoms with Gasteiger partial charge in [-0.2, -0.15) is 0 Å². The van der Waals surface area contributed by atoms with Crippen LogP contribution in [-0.4, -0.2) is 4.57 Å². The number of fused-ring (bicyclic) bond motifs is 3. The number of hydrogen-bond donors (Lipinski definition) is 0. The Hall–Kier alpha value is -4.40. The highest BCUT2D eigenvalue weighted by molar-refractivity contribution is 9.10. The third-order valence-electron chi connectivity index (χ3n) is 7.29. The summed E-state index contributed by atoms with van der Waals surface area (Å²) in [5, 5.41) is 2.51.